The van der Waals surface area contributed by atoms with Gasteiger partial charge in [-0.25, -0.2) is 4.98 Å². The third-order valence-electron chi connectivity index (χ3n) is 2.44. The average Bonchev–Trinajstić information content (AvgIpc) is 2.30. The molecule has 0 saturated heterocycles. The van der Waals surface area contributed by atoms with Crippen molar-refractivity contribution < 1.29 is 9.84 Å². The number of methoxy groups -OCH3 is 1. The number of aliphatic hydroxyl groups is 1. The molecule has 0 aliphatic carbocycles. The van der Waals surface area contributed by atoms with E-state index >= 15 is 0 Å². The third-order valence-corrected chi connectivity index (χ3v) is 2.44. The summed E-state index contributed by atoms with van der Waals surface area (Å²) in [4.78, 5) is 6.27. The number of rotatable bonds is 7. The molecular weight excluding hydrogens is 218 g/mol. The van der Waals surface area contributed by atoms with Gasteiger partial charge in [0.2, 0.25) is 0 Å². The van der Waals surface area contributed by atoms with Crippen molar-refractivity contribution in [3.8, 4) is 0 Å². The van der Waals surface area contributed by atoms with Crippen molar-refractivity contribution in [1.29, 1.82) is 0 Å². The molecule has 0 aliphatic heterocycles. The molecule has 5 nitrogen and oxygen atoms in total. The zero-order valence-corrected chi connectivity index (χ0v) is 10.7. The van der Waals surface area contributed by atoms with Gasteiger partial charge in [-0.05, 0) is 19.1 Å². The lowest BCUT2D eigenvalue weighted by atomic mass is 10.3. The van der Waals surface area contributed by atoms with Crippen LogP contribution < -0.4 is 10.2 Å². The number of nitrogens with one attached hydrogen (secondary N) is 1. The van der Waals surface area contributed by atoms with E-state index in [1.807, 2.05) is 31.0 Å². The molecule has 0 spiro atoms. The lowest BCUT2D eigenvalue weighted by molar-refractivity contribution is 0.190. The molecule has 96 valence electrons. The van der Waals surface area contributed by atoms with E-state index in [9.17, 15) is 0 Å². The fraction of sp³-hybridized carbons (Fsp3) is 0.583. The van der Waals surface area contributed by atoms with Gasteiger partial charge in [0.05, 0.1) is 25.1 Å². The fourth-order valence-electron chi connectivity index (χ4n) is 1.52. The average molecular weight is 239 g/mol. The second kappa shape index (κ2) is 7.09. The molecule has 0 amide bonds. The normalized spacial score (nSPS) is 12.2. The molecule has 5 heteroatoms. The molecular formula is C12H21N3O2. The number of aliphatic hydroxyl groups excluding tert-OH is 1. The van der Waals surface area contributed by atoms with Gasteiger partial charge in [-0.3, -0.25) is 0 Å². The van der Waals surface area contributed by atoms with Gasteiger partial charge >= 0.3 is 0 Å². The van der Waals surface area contributed by atoms with Crippen LogP contribution in [-0.2, 0) is 4.74 Å². The first-order chi connectivity index (χ1) is 8.17. The van der Waals surface area contributed by atoms with Gasteiger partial charge in [-0.1, -0.05) is 0 Å². The quantitative estimate of drug-likeness (QED) is 0.742. The summed E-state index contributed by atoms with van der Waals surface area (Å²) in [5.41, 5.74) is 0.990. The molecule has 1 atom stereocenters. The summed E-state index contributed by atoms with van der Waals surface area (Å²) in [6.07, 6.45) is 1.79. The molecule has 0 aromatic carbocycles. The smallest absolute Gasteiger partial charge is 0.126 e. The van der Waals surface area contributed by atoms with Crippen molar-refractivity contribution in [2.75, 3.05) is 44.1 Å². The van der Waals surface area contributed by atoms with E-state index in [1.165, 1.54) is 0 Å². The largest absolute Gasteiger partial charge is 0.395 e. The number of likely N-dealkylation sites (N-methyl/N-ethyl adjacent to an activating group) is 1. The van der Waals surface area contributed by atoms with Gasteiger partial charge in [0.25, 0.3) is 0 Å². The molecule has 1 unspecified atom stereocenters. The van der Waals surface area contributed by atoms with Crippen LogP contribution in [0.25, 0.3) is 0 Å². The highest BCUT2D eigenvalue weighted by atomic mass is 16.5. The van der Waals surface area contributed by atoms with Crippen LogP contribution >= 0.6 is 0 Å². The topological polar surface area (TPSA) is 57.6 Å². The van der Waals surface area contributed by atoms with Crippen molar-refractivity contribution in [3.05, 3.63) is 18.3 Å². The maximum absolute atomic E-state index is 8.84. The molecule has 1 rings (SSSR count). The van der Waals surface area contributed by atoms with Crippen LogP contribution in [0.1, 0.15) is 6.92 Å². The Balaban J connectivity index is 2.55. The standard InChI is InChI=1S/C12H21N3O2/c1-10(9-17-3)14-12-5-4-11(8-13-12)15(2)6-7-16/h4-5,8,10,16H,6-7,9H2,1-3H3,(H,13,14). The number of ether oxygens (including phenoxy) is 1. The van der Waals surface area contributed by atoms with Crippen LogP contribution in [0.4, 0.5) is 11.5 Å². The SMILES string of the molecule is COCC(C)Nc1ccc(N(C)CCO)cn1. The molecule has 0 aliphatic rings. The van der Waals surface area contributed by atoms with Crippen molar-refractivity contribution in [2.24, 2.45) is 0 Å². The molecule has 1 heterocycles. The van der Waals surface area contributed by atoms with Crippen LogP contribution in [-0.4, -0.2) is 50.0 Å². The van der Waals surface area contributed by atoms with E-state index in [1.54, 1.807) is 13.3 Å². The summed E-state index contributed by atoms with van der Waals surface area (Å²) in [6, 6.07) is 4.13. The lowest BCUT2D eigenvalue weighted by Crippen LogP contribution is -2.23. The second-order valence-electron chi connectivity index (χ2n) is 4.05. The van der Waals surface area contributed by atoms with Gasteiger partial charge in [0.15, 0.2) is 0 Å². The fourth-order valence-corrected chi connectivity index (χ4v) is 1.52. The summed E-state index contributed by atoms with van der Waals surface area (Å²) >= 11 is 0. The maximum atomic E-state index is 8.84. The highest BCUT2D eigenvalue weighted by Gasteiger charge is 2.04. The molecule has 1 aromatic heterocycles. The molecule has 0 radical (unpaired) electrons. The molecule has 0 bridgehead atoms. The Morgan fingerprint density at radius 2 is 2.29 bits per heavy atom. The Kier molecular flexibility index (Phi) is 5.72. The lowest BCUT2D eigenvalue weighted by Gasteiger charge is -2.18. The summed E-state index contributed by atoms with van der Waals surface area (Å²) in [5, 5.41) is 12.1. The zero-order valence-electron chi connectivity index (χ0n) is 10.7. The third kappa shape index (κ3) is 4.58. The zero-order chi connectivity index (χ0) is 12.7. The molecule has 17 heavy (non-hydrogen) atoms. The number of nitrogens with zero attached hydrogens (tertiary/aromatic N) is 2. The first-order valence-electron chi connectivity index (χ1n) is 5.71. The Labute approximate surface area is 102 Å². The van der Waals surface area contributed by atoms with Crippen molar-refractivity contribution in [3.63, 3.8) is 0 Å². The molecule has 1 aromatic rings. The predicted octanol–water partition coefficient (Wildman–Crippen LogP) is 0.957. The number of hydrogen-bond acceptors (Lipinski definition) is 5. The Morgan fingerprint density at radius 1 is 1.53 bits per heavy atom. The second-order valence-corrected chi connectivity index (χ2v) is 4.05. The van der Waals surface area contributed by atoms with Crippen LogP contribution in [0.3, 0.4) is 0 Å². The molecule has 0 fully saturated rings. The minimum Gasteiger partial charge on any atom is -0.395 e. The van der Waals surface area contributed by atoms with Gasteiger partial charge in [0, 0.05) is 26.7 Å². The summed E-state index contributed by atoms with van der Waals surface area (Å²) < 4.78 is 5.04. The van der Waals surface area contributed by atoms with Gasteiger partial charge < -0.3 is 20.1 Å². The van der Waals surface area contributed by atoms with Gasteiger partial charge in [-0.2, -0.15) is 0 Å². The predicted molar refractivity (Wildman–Crippen MR) is 69.6 cm³/mol. The van der Waals surface area contributed by atoms with Crippen LogP contribution in [0, 0.1) is 0 Å². The van der Waals surface area contributed by atoms with E-state index in [0.29, 0.717) is 13.2 Å². The van der Waals surface area contributed by atoms with Crippen molar-refractivity contribution >= 4 is 11.5 Å². The Morgan fingerprint density at radius 3 is 2.82 bits per heavy atom. The van der Waals surface area contributed by atoms with E-state index < -0.39 is 0 Å². The van der Waals surface area contributed by atoms with Gasteiger partial charge in [-0.15, -0.1) is 0 Å². The molecule has 0 saturated carbocycles. The van der Waals surface area contributed by atoms with E-state index in [0.717, 1.165) is 11.5 Å². The van der Waals surface area contributed by atoms with E-state index in [-0.39, 0.29) is 12.6 Å². The van der Waals surface area contributed by atoms with Crippen molar-refractivity contribution in [1.82, 2.24) is 4.98 Å². The van der Waals surface area contributed by atoms with Crippen LogP contribution in [0.5, 0.6) is 0 Å². The first kappa shape index (κ1) is 13.7. The van der Waals surface area contributed by atoms with Gasteiger partial charge in [0.1, 0.15) is 5.82 Å². The summed E-state index contributed by atoms with van der Waals surface area (Å²) in [6.45, 7) is 3.43. The monoisotopic (exact) mass is 239 g/mol. The van der Waals surface area contributed by atoms with Crippen LogP contribution in [0.15, 0.2) is 18.3 Å². The number of pyridine rings is 1. The number of hydrogen-bond donors (Lipinski definition) is 2. The van der Waals surface area contributed by atoms with E-state index in [2.05, 4.69) is 10.3 Å². The first-order valence-corrected chi connectivity index (χ1v) is 5.71. The minimum atomic E-state index is 0.140. The highest BCUT2D eigenvalue weighted by Crippen LogP contribution is 2.13. The maximum Gasteiger partial charge on any atom is 0.126 e. The van der Waals surface area contributed by atoms with Crippen LogP contribution in [0.2, 0.25) is 0 Å². The van der Waals surface area contributed by atoms with E-state index in [4.69, 9.17) is 9.84 Å². The summed E-state index contributed by atoms with van der Waals surface area (Å²) in [5.74, 6) is 0.829. The number of anilines is 2. The Bertz CT molecular complexity index is 316. The minimum absolute atomic E-state index is 0.140. The molecule has 2 N–H and O–H groups in total. The van der Waals surface area contributed by atoms with Crippen molar-refractivity contribution in [2.45, 2.75) is 13.0 Å². The summed E-state index contributed by atoms with van der Waals surface area (Å²) in [7, 11) is 3.60. The highest BCUT2D eigenvalue weighted by molar-refractivity contribution is 5.49. The Hall–Kier alpha value is -1.33. The number of aromatic nitrogens is 1.